The van der Waals surface area contributed by atoms with Crippen molar-refractivity contribution in [1.82, 2.24) is 0 Å². The number of hydrogen-bond donors (Lipinski definition) is 0. The molecule has 24 heavy (non-hydrogen) atoms. The molecule has 0 N–H and O–H groups in total. The largest absolute Gasteiger partial charge is 0.378 e. The van der Waals surface area contributed by atoms with Gasteiger partial charge in [-0.1, -0.05) is 35.9 Å². The quantitative estimate of drug-likeness (QED) is 0.759. The SMILES string of the molecule is CN(C)c1ccc(/C=C(\C#N)S(=O)(=O)Cc2ccc(Cl)cc2)cc1. The monoisotopic (exact) mass is 360 g/mol. The van der Waals surface area contributed by atoms with E-state index in [1.807, 2.05) is 31.1 Å². The average Bonchev–Trinajstić information content (AvgIpc) is 2.54. The summed E-state index contributed by atoms with van der Waals surface area (Å²) in [5.74, 6) is -0.237. The highest BCUT2D eigenvalue weighted by molar-refractivity contribution is 7.95. The van der Waals surface area contributed by atoms with E-state index >= 15 is 0 Å². The van der Waals surface area contributed by atoms with Gasteiger partial charge in [0.1, 0.15) is 11.0 Å². The van der Waals surface area contributed by atoms with E-state index in [1.54, 1.807) is 42.5 Å². The Kier molecular flexibility index (Phi) is 5.66. The second kappa shape index (κ2) is 7.52. The molecule has 0 fully saturated rings. The molecule has 0 aliphatic heterocycles. The van der Waals surface area contributed by atoms with Crippen LogP contribution in [0.4, 0.5) is 5.69 Å². The van der Waals surface area contributed by atoms with E-state index in [1.165, 1.54) is 6.08 Å². The normalized spacial score (nSPS) is 11.8. The molecule has 6 heteroatoms. The summed E-state index contributed by atoms with van der Waals surface area (Å²) in [7, 11) is 0.121. The van der Waals surface area contributed by atoms with Crippen molar-refractivity contribution in [2.24, 2.45) is 0 Å². The van der Waals surface area contributed by atoms with Crippen LogP contribution in [0.1, 0.15) is 11.1 Å². The number of anilines is 1. The smallest absolute Gasteiger partial charge is 0.192 e. The fraction of sp³-hybridized carbons (Fsp3) is 0.167. The highest BCUT2D eigenvalue weighted by atomic mass is 35.5. The van der Waals surface area contributed by atoms with Crippen molar-refractivity contribution in [2.45, 2.75) is 5.75 Å². The standard InChI is InChI=1S/C18H17ClN2O2S/c1-21(2)17-9-5-14(6-10-17)11-18(12-20)24(22,23)13-15-3-7-16(19)8-4-15/h3-11H,13H2,1-2H3/b18-11+. The van der Waals surface area contributed by atoms with Crippen LogP contribution in [0.5, 0.6) is 0 Å². The van der Waals surface area contributed by atoms with Crippen LogP contribution in [0.15, 0.2) is 53.4 Å². The van der Waals surface area contributed by atoms with Gasteiger partial charge in [0.15, 0.2) is 9.84 Å². The van der Waals surface area contributed by atoms with Gasteiger partial charge in [-0.25, -0.2) is 8.42 Å². The molecule has 0 saturated heterocycles. The lowest BCUT2D eigenvalue weighted by Crippen LogP contribution is -2.08. The van der Waals surface area contributed by atoms with Gasteiger partial charge in [0.25, 0.3) is 0 Å². The molecule has 0 aliphatic rings. The van der Waals surface area contributed by atoms with Crippen molar-refractivity contribution in [3.8, 4) is 6.07 Å². The zero-order valence-electron chi connectivity index (χ0n) is 13.4. The van der Waals surface area contributed by atoms with Crippen LogP contribution in [-0.2, 0) is 15.6 Å². The summed E-state index contributed by atoms with van der Waals surface area (Å²) in [5.41, 5.74) is 2.25. The third-order valence-electron chi connectivity index (χ3n) is 3.42. The van der Waals surface area contributed by atoms with Crippen LogP contribution >= 0.6 is 11.6 Å². The second-order valence-corrected chi connectivity index (χ2v) is 7.89. The van der Waals surface area contributed by atoms with E-state index in [2.05, 4.69) is 0 Å². The first-order valence-electron chi connectivity index (χ1n) is 7.18. The van der Waals surface area contributed by atoms with E-state index in [9.17, 15) is 13.7 Å². The zero-order valence-corrected chi connectivity index (χ0v) is 15.0. The molecule has 0 saturated carbocycles. The number of rotatable bonds is 5. The summed E-state index contributed by atoms with van der Waals surface area (Å²) in [6, 6.07) is 15.6. The fourth-order valence-electron chi connectivity index (χ4n) is 2.09. The minimum absolute atomic E-state index is 0.237. The summed E-state index contributed by atoms with van der Waals surface area (Å²) in [6.07, 6.45) is 1.39. The van der Waals surface area contributed by atoms with Crippen LogP contribution < -0.4 is 4.90 Å². The average molecular weight is 361 g/mol. The topological polar surface area (TPSA) is 61.2 Å². The van der Waals surface area contributed by atoms with Crippen molar-refractivity contribution in [2.75, 3.05) is 19.0 Å². The molecule has 0 heterocycles. The highest BCUT2D eigenvalue weighted by Crippen LogP contribution is 2.20. The molecule has 0 aromatic heterocycles. The summed E-state index contributed by atoms with van der Waals surface area (Å²) in [4.78, 5) is 1.69. The summed E-state index contributed by atoms with van der Waals surface area (Å²) < 4.78 is 24.9. The molecule has 124 valence electrons. The van der Waals surface area contributed by atoms with Gasteiger partial charge >= 0.3 is 0 Å². The van der Waals surface area contributed by atoms with E-state index < -0.39 is 9.84 Å². The molecule has 2 aromatic rings. The third-order valence-corrected chi connectivity index (χ3v) is 5.27. The molecule has 2 rings (SSSR count). The van der Waals surface area contributed by atoms with E-state index in [0.29, 0.717) is 16.1 Å². The van der Waals surface area contributed by atoms with Crippen molar-refractivity contribution in [1.29, 1.82) is 5.26 Å². The lowest BCUT2D eigenvalue weighted by molar-refractivity contribution is 0.602. The van der Waals surface area contributed by atoms with Crippen molar-refractivity contribution in [3.05, 3.63) is 69.6 Å². The predicted octanol–water partition coefficient (Wildman–Crippen LogP) is 3.89. The van der Waals surface area contributed by atoms with E-state index in [0.717, 1.165) is 5.69 Å². The molecule has 0 unspecified atom stereocenters. The molecule has 0 amide bonds. The number of allylic oxidation sites excluding steroid dienone is 1. The number of nitrogens with zero attached hydrogens (tertiary/aromatic N) is 2. The fourth-order valence-corrected chi connectivity index (χ4v) is 3.46. The van der Waals surface area contributed by atoms with Crippen molar-refractivity contribution < 1.29 is 8.42 Å². The second-order valence-electron chi connectivity index (χ2n) is 5.49. The van der Waals surface area contributed by atoms with Gasteiger partial charge < -0.3 is 4.90 Å². The summed E-state index contributed by atoms with van der Waals surface area (Å²) in [5, 5.41) is 9.80. The first-order chi connectivity index (χ1) is 11.3. The number of benzene rings is 2. The summed E-state index contributed by atoms with van der Waals surface area (Å²) in [6.45, 7) is 0. The molecule has 0 aliphatic carbocycles. The Hall–Kier alpha value is -2.29. The van der Waals surface area contributed by atoms with Gasteiger partial charge in [-0.3, -0.25) is 0 Å². The van der Waals surface area contributed by atoms with E-state index in [-0.39, 0.29) is 10.7 Å². The first-order valence-corrected chi connectivity index (χ1v) is 9.21. The van der Waals surface area contributed by atoms with Gasteiger partial charge in [-0.05, 0) is 41.5 Å². The lowest BCUT2D eigenvalue weighted by Gasteiger charge is -2.12. The molecular weight excluding hydrogens is 344 g/mol. The molecular formula is C18H17ClN2O2S. The van der Waals surface area contributed by atoms with Crippen LogP contribution in [0, 0.1) is 11.3 Å². The maximum atomic E-state index is 12.5. The molecule has 0 atom stereocenters. The Balaban J connectivity index is 2.28. The minimum Gasteiger partial charge on any atom is -0.378 e. The predicted molar refractivity (Wildman–Crippen MR) is 98.4 cm³/mol. The van der Waals surface area contributed by atoms with Gasteiger partial charge in [0.2, 0.25) is 0 Å². The van der Waals surface area contributed by atoms with Crippen LogP contribution in [-0.4, -0.2) is 22.5 Å². The number of halogens is 1. The third kappa shape index (κ3) is 4.60. The Bertz CT molecular complexity index is 878. The highest BCUT2D eigenvalue weighted by Gasteiger charge is 2.18. The van der Waals surface area contributed by atoms with Gasteiger partial charge in [-0.2, -0.15) is 5.26 Å². The molecule has 0 spiro atoms. The number of hydrogen-bond acceptors (Lipinski definition) is 4. The maximum Gasteiger partial charge on any atom is 0.192 e. The number of sulfone groups is 1. The molecule has 2 aromatic carbocycles. The molecule has 4 nitrogen and oxygen atoms in total. The Morgan fingerprint density at radius 2 is 1.71 bits per heavy atom. The molecule has 0 radical (unpaired) electrons. The Morgan fingerprint density at radius 1 is 1.12 bits per heavy atom. The Labute approximate surface area is 147 Å². The first kappa shape index (κ1) is 18.1. The lowest BCUT2D eigenvalue weighted by atomic mass is 10.2. The van der Waals surface area contributed by atoms with Crippen LogP contribution in [0.3, 0.4) is 0 Å². The maximum absolute atomic E-state index is 12.5. The zero-order chi connectivity index (χ0) is 17.7. The number of nitriles is 1. The van der Waals surface area contributed by atoms with Gasteiger partial charge in [-0.15, -0.1) is 0 Å². The van der Waals surface area contributed by atoms with Crippen molar-refractivity contribution >= 4 is 33.2 Å². The van der Waals surface area contributed by atoms with Crippen LogP contribution in [0.2, 0.25) is 5.02 Å². The summed E-state index contributed by atoms with van der Waals surface area (Å²) >= 11 is 5.80. The van der Waals surface area contributed by atoms with Crippen LogP contribution in [0.25, 0.3) is 6.08 Å². The van der Waals surface area contributed by atoms with E-state index in [4.69, 9.17) is 11.6 Å². The van der Waals surface area contributed by atoms with Crippen molar-refractivity contribution in [3.63, 3.8) is 0 Å². The van der Waals surface area contributed by atoms with Gasteiger partial charge in [0.05, 0.1) is 5.75 Å². The molecule has 0 bridgehead atoms. The van der Waals surface area contributed by atoms with Gasteiger partial charge in [0, 0.05) is 24.8 Å². The Morgan fingerprint density at radius 3 is 2.21 bits per heavy atom. The minimum atomic E-state index is -3.72.